The van der Waals surface area contributed by atoms with Crippen molar-refractivity contribution < 1.29 is 4.42 Å². The molecule has 0 fully saturated rings. The smallest absolute Gasteiger partial charge is 0.237 e. The molecule has 0 aliphatic carbocycles. The summed E-state index contributed by atoms with van der Waals surface area (Å²) in [6.07, 6.45) is 1.96. The van der Waals surface area contributed by atoms with Gasteiger partial charge in [-0.15, -0.1) is 0 Å². The van der Waals surface area contributed by atoms with Gasteiger partial charge in [0.15, 0.2) is 0 Å². The van der Waals surface area contributed by atoms with Crippen LogP contribution in [-0.2, 0) is 0 Å². The number of aromatic nitrogens is 2. The summed E-state index contributed by atoms with van der Waals surface area (Å²) < 4.78 is 11.3. The molecule has 58 heavy (non-hydrogen) atoms. The highest BCUT2D eigenvalue weighted by atomic mass is 16.3. The Labute approximate surface area is 332 Å². The molecule has 0 saturated heterocycles. The minimum atomic E-state index is 0.547. The van der Waals surface area contributed by atoms with E-state index < -0.39 is 0 Å². The fourth-order valence-electron chi connectivity index (χ4n) is 8.91. The second kappa shape index (κ2) is 12.8. The Morgan fingerprint density at radius 2 is 0.983 bits per heavy atom. The summed E-state index contributed by atoms with van der Waals surface area (Å²) in [6, 6.07) is 65.7. The lowest BCUT2D eigenvalue weighted by Crippen LogP contribution is -2.21. The Balaban J connectivity index is 1.14. The first-order valence-corrected chi connectivity index (χ1v) is 19.5. The second-order valence-corrected chi connectivity index (χ2v) is 14.6. The molecule has 1 aliphatic rings. The lowest BCUT2D eigenvalue weighted by molar-refractivity contribution is 0.667. The van der Waals surface area contributed by atoms with Crippen molar-refractivity contribution in [1.82, 2.24) is 14.5 Å². The molecule has 6 nitrogen and oxygen atoms in total. The predicted molar refractivity (Wildman–Crippen MR) is 240 cm³/mol. The molecule has 6 heteroatoms. The number of rotatable bonds is 4. The zero-order valence-corrected chi connectivity index (χ0v) is 31.2. The number of benzene rings is 8. The number of nitrogens with zero attached hydrogens (tertiary/aromatic N) is 4. The molecule has 0 unspecified atom stereocenters. The first kappa shape index (κ1) is 32.3. The van der Waals surface area contributed by atoms with Crippen LogP contribution in [0.25, 0.3) is 88.1 Å². The average molecular weight is 744 g/mol. The lowest BCUT2D eigenvalue weighted by Gasteiger charge is -2.10. The SMILES string of the molecule is C1=C(c2cccc3c2oc2cccc(-c4ccccc4)c23)N=C(n2c3ccccc3c3c4c5ccccc5n(-c5ccccc5)c4ccc32)N=C(c2ccccc2)N1. The average Bonchev–Trinajstić information content (AvgIpc) is 3.89. The molecular formula is C52H33N5O. The monoisotopic (exact) mass is 743 g/mol. The summed E-state index contributed by atoms with van der Waals surface area (Å²) in [4.78, 5) is 10.9. The van der Waals surface area contributed by atoms with Crippen LogP contribution in [0.4, 0.5) is 0 Å². The van der Waals surface area contributed by atoms with Gasteiger partial charge in [0.1, 0.15) is 17.0 Å². The van der Waals surface area contributed by atoms with Crippen LogP contribution in [0.3, 0.4) is 0 Å². The van der Waals surface area contributed by atoms with Crippen molar-refractivity contribution in [3.05, 3.63) is 205 Å². The van der Waals surface area contributed by atoms with Gasteiger partial charge in [0.05, 0.1) is 27.8 Å². The summed E-state index contributed by atoms with van der Waals surface area (Å²) in [5, 5.41) is 10.4. The van der Waals surface area contributed by atoms with E-state index in [2.05, 4.69) is 172 Å². The van der Waals surface area contributed by atoms with Crippen LogP contribution in [-0.4, -0.2) is 20.9 Å². The Kier molecular flexibility index (Phi) is 7.13. The van der Waals surface area contributed by atoms with Crippen molar-refractivity contribution in [3.63, 3.8) is 0 Å². The molecule has 272 valence electrons. The van der Waals surface area contributed by atoms with Crippen molar-refractivity contribution >= 4 is 83.0 Å². The maximum Gasteiger partial charge on any atom is 0.237 e. The third-order valence-corrected chi connectivity index (χ3v) is 11.4. The number of fused-ring (bicyclic) bond motifs is 10. The van der Waals surface area contributed by atoms with Crippen LogP contribution in [0.2, 0.25) is 0 Å². The summed E-state index contributed by atoms with van der Waals surface area (Å²) in [5.74, 6) is 1.25. The predicted octanol–water partition coefficient (Wildman–Crippen LogP) is 12.7. The van der Waals surface area contributed by atoms with E-state index in [1.54, 1.807) is 0 Å². The molecule has 0 spiro atoms. The minimum Gasteiger partial charge on any atom is -0.455 e. The highest BCUT2D eigenvalue weighted by Crippen LogP contribution is 2.43. The number of amidine groups is 1. The number of aliphatic imine (C=N–C) groups is 2. The second-order valence-electron chi connectivity index (χ2n) is 14.6. The number of para-hydroxylation sites is 4. The fourth-order valence-corrected chi connectivity index (χ4v) is 8.91. The lowest BCUT2D eigenvalue weighted by atomic mass is 9.98. The summed E-state index contributed by atoms with van der Waals surface area (Å²) in [7, 11) is 0. The maximum atomic E-state index is 6.76. The zero-order valence-electron chi connectivity index (χ0n) is 31.2. The molecule has 8 aromatic carbocycles. The van der Waals surface area contributed by atoms with Crippen molar-refractivity contribution in [3.8, 4) is 16.8 Å². The van der Waals surface area contributed by atoms with Crippen LogP contribution in [0.15, 0.2) is 209 Å². The Morgan fingerprint density at radius 3 is 1.71 bits per heavy atom. The molecule has 1 aliphatic heterocycles. The molecule has 1 N–H and O–H groups in total. The highest BCUT2D eigenvalue weighted by molar-refractivity contribution is 6.30. The van der Waals surface area contributed by atoms with Gasteiger partial charge in [-0.2, -0.15) is 4.99 Å². The molecule has 0 saturated carbocycles. The number of hydrogen-bond donors (Lipinski definition) is 1. The Morgan fingerprint density at radius 1 is 0.414 bits per heavy atom. The molecule has 0 amide bonds. The standard InChI is InChI=1S/C52H33N5O/c1-4-16-33(17-5-1)36-24-15-29-46-47(36)40-26-14-25-37(50(40)58-46)41-32-53-51(34-18-6-2-7-19-34)55-52(54-41)57-43-28-13-11-23-39(43)49-45(57)31-30-44-48(49)38-22-10-12-27-42(38)56(44)35-20-8-3-9-21-35/h1-32H,(H,53,54,55). The molecule has 0 radical (unpaired) electrons. The summed E-state index contributed by atoms with van der Waals surface area (Å²) >= 11 is 0. The van der Waals surface area contributed by atoms with E-state index in [1.165, 1.54) is 10.8 Å². The molecule has 12 rings (SSSR count). The van der Waals surface area contributed by atoms with Gasteiger partial charge in [-0.3, -0.25) is 4.57 Å². The topological polar surface area (TPSA) is 59.8 Å². The van der Waals surface area contributed by atoms with Gasteiger partial charge in [-0.1, -0.05) is 140 Å². The first-order valence-electron chi connectivity index (χ1n) is 19.5. The molecule has 3 aromatic heterocycles. The van der Waals surface area contributed by atoms with Gasteiger partial charge in [0.2, 0.25) is 5.96 Å². The van der Waals surface area contributed by atoms with Crippen LogP contribution in [0, 0.1) is 0 Å². The third-order valence-electron chi connectivity index (χ3n) is 11.4. The number of nitrogens with one attached hydrogen (secondary N) is 1. The van der Waals surface area contributed by atoms with Crippen LogP contribution in [0.5, 0.6) is 0 Å². The van der Waals surface area contributed by atoms with E-state index in [1.807, 2.05) is 36.5 Å². The quantitative estimate of drug-likeness (QED) is 0.195. The van der Waals surface area contributed by atoms with Crippen LogP contribution < -0.4 is 5.32 Å². The van der Waals surface area contributed by atoms with Crippen LogP contribution in [0.1, 0.15) is 11.1 Å². The van der Waals surface area contributed by atoms with Crippen molar-refractivity contribution in [2.75, 3.05) is 0 Å². The molecular weight excluding hydrogens is 711 g/mol. The van der Waals surface area contributed by atoms with E-state index in [9.17, 15) is 0 Å². The van der Waals surface area contributed by atoms with E-state index in [0.717, 1.165) is 82.7 Å². The normalized spacial score (nSPS) is 13.3. The Hall–Kier alpha value is -7.96. The zero-order chi connectivity index (χ0) is 38.2. The van der Waals surface area contributed by atoms with E-state index in [4.69, 9.17) is 14.4 Å². The van der Waals surface area contributed by atoms with Gasteiger partial charge >= 0.3 is 0 Å². The Bertz CT molecular complexity index is 3510. The van der Waals surface area contributed by atoms with Crippen molar-refractivity contribution in [2.24, 2.45) is 9.98 Å². The summed E-state index contributed by atoms with van der Waals surface area (Å²) in [5.41, 5.74) is 11.9. The number of furan rings is 1. The molecule has 0 bridgehead atoms. The van der Waals surface area contributed by atoms with Gasteiger partial charge in [-0.25, -0.2) is 4.99 Å². The van der Waals surface area contributed by atoms with Crippen molar-refractivity contribution in [1.29, 1.82) is 0 Å². The van der Waals surface area contributed by atoms with Gasteiger partial charge in [0.25, 0.3) is 0 Å². The third kappa shape index (κ3) is 4.85. The largest absolute Gasteiger partial charge is 0.455 e. The number of hydrogen-bond acceptors (Lipinski definition) is 4. The summed E-state index contributed by atoms with van der Waals surface area (Å²) in [6.45, 7) is 0. The maximum absolute atomic E-state index is 6.76. The van der Waals surface area contributed by atoms with Gasteiger partial charge in [0, 0.05) is 55.3 Å². The van der Waals surface area contributed by atoms with E-state index in [0.29, 0.717) is 17.5 Å². The van der Waals surface area contributed by atoms with Gasteiger partial charge < -0.3 is 14.3 Å². The molecule has 4 heterocycles. The van der Waals surface area contributed by atoms with Crippen LogP contribution >= 0.6 is 0 Å². The highest BCUT2D eigenvalue weighted by Gasteiger charge is 2.24. The fraction of sp³-hybridized carbons (Fsp3) is 0. The molecule has 0 atom stereocenters. The van der Waals surface area contributed by atoms with Gasteiger partial charge in [-0.05, 0) is 59.7 Å². The van der Waals surface area contributed by atoms with E-state index in [-0.39, 0.29) is 0 Å². The van der Waals surface area contributed by atoms with Crippen molar-refractivity contribution in [2.45, 2.75) is 0 Å². The minimum absolute atomic E-state index is 0.547. The van der Waals surface area contributed by atoms with E-state index >= 15 is 0 Å². The first-order chi connectivity index (χ1) is 28.8. The molecule has 11 aromatic rings.